The van der Waals surface area contributed by atoms with Gasteiger partial charge in [-0.05, 0) is 56.3 Å². The molecular weight excluding hydrogens is 332 g/mol. The van der Waals surface area contributed by atoms with Gasteiger partial charge in [0.25, 0.3) is 0 Å². The predicted octanol–water partition coefficient (Wildman–Crippen LogP) is 2.47. The zero-order chi connectivity index (χ0) is 19.1. The number of carboxylic acids is 1. The number of aliphatic hydroxyl groups is 2. The van der Waals surface area contributed by atoms with Gasteiger partial charge in [-0.1, -0.05) is 19.1 Å². The van der Waals surface area contributed by atoms with Crippen molar-refractivity contribution in [1.29, 1.82) is 0 Å². The monoisotopic (exact) mass is 364 g/mol. The molecule has 0 aromatic carbocycles. The van der Waals surface area contributed by atoms with Crippen molar-refractivity contribution >= 4 is 5.97 Å². The first-order chi connectivity index (χ1) is 12.4. The summed E-state index contributed by atoms with van der Waals surface area (Å²) in [6.07, 6.45) is 7.46. The Labute approximate surface area is 156 Å². The van der Waals surface area contributed by atoms with Gasteiger partial charge in [0.05, 0.1) is 12.2 Å². The van der Waals surface area contributed by atoms with Crippen LogP contribution in [0.3, 0.4) is 0 Å². The van der Waals surface area contributed by atoms with E-state index in [0.717, 1.165) is 25.7 Å². The Morgan fingerprint density at radius 1 is 1.35 bits per heavy atom. The van der Waals surface area contributed by atoms with E-state index in [-0.39, 0.29) is 24.5 Å². The molecule has 0 heterocycles. The van der Waals surface area contributed by atoms with Crippen molar-refractivity contribution in [3.63, 3.8) is 0 Å². The van der Waals surface area contributed by atoms with Crippen LogP contribution in [-0.2, 0) is 9.53 Å². The number of carboxylic acid groups (broad SMARTS) is 1. The third-order valence-electron chi connectivity index (χ3n) is 5.94. The SMILES string of the molecule is CC#CCC(C)C(O)C=C[C@H]1[C@@H]2CC(CCOCC(=O)O)C[C@H]2C[C@@H]1O. The van der Waals surface area contributed by atoms with Gasteiger partial charge in [0.1, 0.15) is 6.61 Å². The molecule has 0 aliphatic heterocycles. The van der Waals surface area contributed by atoms with Crippen LogP contribution < -0.4 is 0 Å². The molecule has 0 spiro atoms. The molecule has 146 valence electrons. The first-order valence-electron chi connectivity index (χ1n) is 9.66. The van der Waals surface area contributed by atoms with E-state index in [2.05, 4.69) is 11.8 Å². The second kappa shape index (κ2) is 10.1. The second-order valence-electron chi connectivity index (χ2n) is 7.86. The van der Waals surface area contributed by atoms with Gasteiger partial charge in [0.2, 0.25) is 0 Å². The molecule has 2 fully saturated rings. The van der Waals surface area contributed by atoms with E-state index in [1.165, 1.54) is 0 Å². The van der Waals surface area contributed by atoms with Crippen LogP contribution in [0.1, 0.15) is 46.0 Å². The maximum Gasteiger partial charge on any atom is 0.329 e. The molecular formula is C21H32O5. The zero-order valence-electron chi connectivity index (χ0n) is 15.8. The Morgan fingerprint density at radius 2 is 2.12 bits per heavy atom. The first kappa shape index (κ1) is 21.0. The largest absolute Gasteiger partial charge is 0.480 e. The Kier molecular flexibility index (Phi) is 8.15. The minimum atomic E-state index is -0.931. The van der Waals surface area contributed by atoms with Crippen molar-refractivity contribution in [1.82, 2.24) is 0 Å². The fraction of sp³-hybridized carbons (Fsp3) is 0.762. The van der Waals surface area contributed by atoms with Crippen molar-refractivity contribution in [2.45, 2.75) is 58.2 Å². The minimum Gasteiger partial charge on any atom is -0.480 e. The molecule has 0 aromatic rings. The molecule has 5 nitrogen and oxygen atoms in total. The summed E-state index contributed by atoms with van der Waals surface area (Å²) in [7, 11) is 0. The highest BCUT2D eigenvalue weighted by Crippen LogP contribution is 2.51. The Hall–Kier alpha value is -1.35. The van der Waals surface area contributed by atoms with Crippen LogP contribution in [0.5, 0.6) is 0 Å². The summed E-state index contributed by atoms with van der Waals surface area (Å²) in [6.45, 7) is 4.03. The summed E-state index contributed by atoms with van der Waals surface area (Å²) < 4.78 is 5.16. The third-order valence-corrected chi connectivity index (χ3v) is 5.94. The molecule has 2 aliphatic carbocycles. The van der Waals surface area contributed by atoms with E-state index in [9.17, 15) is 15.0 Å². The molecule has 26 heavy (non-hydrogen) atoms. The highest BCUT2D eigenvalue weighted by atomic mass is 16.5. The van der Waals surface area contributed by atoms with E-state index in [4.69, 9.17) is 9.84 Å². The van der Waals surface area contributed by atoms with Crippen molar-refractivity contribution in [2.24, 2.45) is 29.6 Å². The third kappa shape index (κ3) is 5.84. The summed E-state index contributed by atoms with van der Waals surface area (Å²) >= 11 is 0. The predicted molar refractivity (Wildman–Crippen MR) is 99.3 cm³/mol. The molecule has 2 rings (SSSR count). The topological polar surface area (TPSA) is 87.0 Å². The van der Waals surface area contributed by atoms with Crippen LogP contribution in [0.4, 0.5) is 0 Å². The smallest absolute Gasteiger partial charge is 0.329 e. The van der Waals surface area contributed by atoms with Gasteiger partial charge >= 0.3 is 5.97 Å². The quantitative estimate of drug-likeness (QED) is 0.332. The van der Waals surface area contributed by atoms with E-state index in [1.54, 1.807) is 6.92 Å². The summed E-state index contributed by atoms with van der Waals surface area (Å²) in [6, 6.07) is 0. The first-order valence-corrected chi connectivity index (χ1v) is 9.66. The number of fused-ring (bicyclic) bond motifs is 1. The maximum atomic E-state index is 10.5. The molecule has 0 aromatic heterocycles. The normalized spacial score (nSPS) is 32.8. The summed E-state index contributed by atoms with van der Waals surface area (Å²) in [4.78, 5) is 10.5. The highest BCUT2D eigenvalue weighted by molar-refractivity contribution is 5.67. The average Bonchev–Trinajstić information content (AvgIpc) is 3.10. The van der Waals surface area contributed by atoms with E-state index in [0.29, 0.717) is 30.8 Å². The molecule has 7 atom stereocenters. The average molecular weight is 364 g/mol. The van der Waals surface area contributed by atoms with Crippen LogP contribution in [0.25, 0.3) is 0 Å². The lowest BCUT2D eigenvalue weighted by atomic mass is 9.88. The van der Waals surface area contributed by atoms with Gasteiger partial charge in [0.15, 0.2) is 0 Å². The van der Waals surface area contributed by atoms with Gasteiger partial charge in [0, 0.05) is 18.9 Å². The lowest BCUT2D eigenvalue weighted by molar-refractivity contribution is -0.142. The van der Waals surface area contributed by atoms with Crippen LogP contribution in [0.2, 0.25) is 0 Å². The van der Waals surface area contributed by atoms with Crippen LogP contribution >= 0.6 is 0 Å². The van der Waals surface area contributed by atoms with Crippen LogP contribution in [0, 0.1) is 41.4 Å². The number of ether oxygens (including phenoxy) is 1. The van der Waals surface area contributed by atoms with E-state index in [1.807, 2.05) is 19.1 Å². The zero-order valence-corrected chi connectivity index (χ0v) is 15.8. The number of carbonyl (C=O) groups is 1. The van der Waals surface area contributed by atoms with Crippen molar-refractivity contribution < 1.29 is 24.9 Å². The Balaban J connectivity index is 1.83. The molecule has 0 saturated heterocycles. The fourth-order valence-electron chi connectivity index (χ4n) is 4.50. The number of hydrogen-bond acceptors (Lipinski definition) is 4. The minimum absolute atomic E-state index is 0.0794. The van der Waals surface area contributed by atoms with Gasteiger partial charge in [-0.3, -0.25) is 0 Å². The van der Waals surface area contributed by atoms with Crippen LogP contribution in [0.15, 0.2) is 12.2 Å². The molecule has 2 aliphatic rings. The maximum absolute atomic E-state index is 10.5. The number of rotatable bonds is 9. The highest BCUT2D eigenvalue weighted by Gasteiger charge is 2.46. The standard InChI is InChI=1S/C21H32O5/c1-3-4-5-14(2)19(22)7-6-17-18-11-15(8-9-26-13-21(24)25)10-16(18)12-20(17)23/h6-7,14-20,22-23H,5,8-13H2,1-2H3,(H,24,25)/t14?,15?,16-,17-,18+,19?,20-/m0/s1. The van der Waals surface area contributed by atoms with Gasteiger partial charge < -0.3 is 20.1 Å². The van der Waals surface area contributed by atoms with Crippen molar-refractivity contribution in [2.75, 3.05) is 13.2 Å². The molecule has 5 heteroatoms. The summed E-state index contributed by atoms with van der Waals surface area (Å²) in [5.74, 6) is 6.60. The number of aliphatic carboxylic acids is 1. The summed E-state index contributed by atoms with van der Waals surface area (Å²) in [5, 5.41) is 29.3. The van der Waals surface area contributed by atoms with Crippen molar-refractivity contribution in [3.8, 4) is 11.8 Å². The lowest BCUT2D eigenvalue weighted by Gasteiger charge is -2.20. The number of aliphatic hydroxyl groups excluding tert-OH is 2. The van der Waals surface area contributed by atoms with Crippen LogP contribution in [-0.4, -0.2) is 46.7 Å². The number of hydrogen-bond donors (Lipinski definition) is 3. The Morgan fingerprint density at radius 3 is 2.81 bits per heavy atom. The molecule has 0 radical (unpaired) electrons. The Bertz CT molecular complexity index is 546. The van der Waals surface area contributed by atoms with E-state index >= 15 is 0 Å². The fourth-order valence-corrected chi connectivity index (χ4v) is 4.50. The van der Waals surface area contributed by atoms with Gasteiger partial charge in [-0.2, -0.15) is 0 Å². The lowest BCUT2D eigenvalue weighted by Crippen LogP contribution is -2.20. The van der Waals surface area contributed by atoms with Gasteiger partial charge in [-0.25, -0.2) is 4.79 Å². The van der Waals surface area contributed by atoms with Crippen molar-refractivity contribution in [3.05, 3.63) is 12.2 Å². The summed E-state index contributed by atoms with van der Waals surface area (Å²) in [5.41, 5.74) is 0. The molecule has 3 unspecified atom stereocenters. The van der Waals surface area contributed by atoms with Gasteiger partial charge in [-0.15, -0.1) is 11.8 Å². The van der Waals surface area contributed by atoms with E-state index < -0.39 is 12.1 Å². The second-order valence-corrected chi connectivity index (χ2v) is 7.86. The molecule has 3 N–H and O–H groups in total. The molecule has 2 saturated carbocycles. The molecule has 0 amide bonds. The molecule has 0 bridgehead atoms.